The molecule has 1 atom stereocenters. The van der Waals surface area contributed by atoms with Crippen molar-refractivity contribution < 1.29 is 28.6 Å². The van der Waals surface area contributed by atoms with Crippen molar-refractivity contribution in [2.24, 2.45) is 0 Å². The fourth-order valence-electron chi connectivity index (χ4n) is 9.76. The lowest BCUT2D eigenvalue weighted by molar-refractivity contribution is -0.166. The summed E-state index contributed by atoms with van der Waals surface area (Å²) >= 11 is 0. The fourth-order valence-corrected chi connectivity index (χ4v) is 9.76. The average Bonchev–Trinajstić information content (AvgIpc) is 3.40. The van der Waals surface area contributed by atoms with Crippen molar-refractivity contribution in [3.8, 4) is 0 Å². The molecule has 0 bridgehead atoms. The molecule has 0 aromatic rings. The van der Waals surface area contributed by atoms with Crippen LogP contribution in [0.1, 0.15) is 348 Å². The van der Waals surface area contributed by atoms with Crippen molar-refractivity contribution in [1.82, 2.24) is 0 Å². The van der Waals surface area contributed by atoms with E-state index < -0.39 is 6.10 Å². The van der Waals surface area contributed by atoms with Gasteiger partial charge in [0.15, 0.2) is 6.10 Å². The van der Waals surface area contributed by atoms with Crippen molar-refractivity contribution in [1.29, 1.82) is 0 Å². The van der Waals surface area contributed by atoms with Crippen LogP contribution in [0, 0.1) is 0 Å². The van der Waals surface area contributed by atoms with E-state index in [-0.39, 0.29) is 37.5 Å². The fraction of sp³-hybridized carbons (Fsp3) is 0.838. The number of hydrogen-bond acceptors (Lipinski definition) is 6. The Morgan fingerprint density at radius 3 is 0.797 bits per heavy atom. The molecule has 0 aliphatic heterocycles. The summed E-state index contributed by atoms with van der Waals surface area (Å²) in [6, 6.07) is 0. The highest BCUT2D eigenvalue weighted by Crippen LogP contribution is 2.18. The number of carbonyl (C=O) groups excluding carboxylic acids is 3. The van der Waals surface area contributed by atoms with E-state index in [2.05, 4.69) is 63.3 Å². The Morgan fingerprint density at radius 2 is 0.527 bits per heavy atom. The highest BCUT2D eigenvalue weighted by molar-refractivity contribution is 5.71. The van der Waals surface area contributed by atoms with E-state index in [1.54, 1.807) is 0 Å². The molecule has 0 rings (SSSR count). The largest absolute Gasteiger partial charge is 0.462 e. The molecule has 1 unspecified atom stereocenters. The number of allylic oxidation sites excluding steroid dienone is 8. The summed E-state index contributed by atoms with van der Waals surface area (Å²) in [6.45, 7) is 6.51. The van der Waals surface area contributed by atoms with Crippen LogP contribution in [0.15, 0.2) is 48.6 Å². The van der Waals surface area contributed by atoms with E-state index in [0.29, 0.717) is 19.3 Å². The smallest absolute Gasteiger partial charge is 0.306 e. The molecule has 0 aromatic heterocycles. The maximum atomic E-state index is 12.8. The van der Waals surface area contributed by atoms with Crippen molar-refractivity contribution >= 4 is 17.9 Å². The molecule has 432 valence electrons. The Bertz CT molecular complexity index is 1280. The molecule has 6 nitrogen and oxygen atoms in total. The van der Waals surface area contributed by atoms with Gasteiger partial charge in [0.1, 0.15) is 13.2 Å². The van der Waals surface area contributed by atoms with Gasteiger partial charge < -0.3 is 14.2 Å². The van der Waals surface area contributed by atoms with Gasteiger partial charge in [-0.25, -0.2) is 0 Å². The zero-order valence-corrected chi connectivity index (χ0v) is 49.6. The first kappa shape index (κ1) is 71.4. The molecule has 0 N–H and O–H groups in total. The normalized spacial score (nSPS) is 12.3. The summed E-state index contributed by atoms with van der Waals surface area (Å²) in [7, 11) is 0. The number of rotatable bonds is 60. The number of unbranched alkanes of at least 4 members (excludes halogenated alkanes) is 41. The van der Waals surface area contributed by atoms with E-state index in [1.165, 1.54) is 238 Å². The first-order chi connectivity index (χ1) is 36.5. The molecule has 0 fully saturated rings. The molecule has 6 heteroatoms. The zero-order valence-electron chi connectivity index (χ0n) is 49.6. The van der Waals surface area contributed by atoms with E-state index in [0.717, 1.165) is 64.2 Å². The predicted molar refractivity (Wildman–Crippen MR) is 321 cm³/mol. The summed E-state index contributed by atoms with van der Waals surface area (Å²) in [4.78, 5) is 38.1. The highest BCUT2D eigenvalue weighted by atomic mass is 16.6. The summed E-state index contributed by atoms with van der Waals surface area (Å²) in [5, 5.41) is 0. The van der Waals surface area contributed by atoms with Crippen LogP contribution in [-0.2, 0) is 28.6 Å². The quantitative estimate of drug-likeness (QED) is 0.0261. The molecule has 0 radical (unpaired) electrons. The lowest BCUT2D eigenvalue weighted by atomic mass is 10.0. The third-order valence-electron chi connectivity index (χ3n) is 14.6. The van der Waals surface area contributed by atoms with E-state index in [1.807, 2.05) is 6.08 Å². The van der Waals surface area contributed by atoms with Gasteiger partial charge in [-0.05, 0) is 44.9 Å². The Morgan fingerprint density at radius 1 is 0.284 bits per heavy atom. The van der Waals surface area contributed by atoms with Crippen LogP contribution in [-0.4, -0.2) is 37.2 Å². The monoisotopic (exact) mass is 1040 g/mol. The van der Waals surface area contributed by atoms with Crippen LogP contribution in [0.4, 0.5) is 0 Å². The van der Waals surface area contributed by atoms with Gasteiger partial charge in [-0.2, -0.15) is 0 Å². The summed E-state index contributed by atoms with van der Waals surface area (Å²) in [5.74, 6) is -0.960. The molecule has 74 heavy (non-hydrogen) atoms. The van der Waals surface area contributed by atoms with Gasteiger partial charge in [-0.15, -0.1) is 0 Å². The Kier molecular flexibility index (Phi) is 60.7. The minimum absolute atomic E-state index is 0.0971. The van der Waals surface area contributed by atoms with E-state index in [4.69, 9.17) is 14.2 Å². The third-order valence-corrected chi connectivity index (χ3v) is 14.6. The Labute approximate surface area is 460 Å². The van der Waals surface area contributed by atoms with Gasteiger partial charge in [0, 0.05) is 19.3 Å². The first-order valence-corrected chi connectivity index (χ1v) is 32.6. The van der Waals surface area contributed by atoms with Gasteiger partial charge in [0.05, 0.1) is 0 Å². The molecule has 0 aliphatic rings. The summed E-state index contributed by atoms with van der Waals surface area (Å²) in [6.07, 6.45) is 78.8. The van der Waals surface area contributed by atoms with Gasteiger partial charge in [0.25, 0.3) is 0 Å². The predicted octanol–water partition coefficient (Wildman–Crippen LogP) is 22.2. The maximum Gasteiger partial charge on any atom is 0.306 e. The van der Waals surface area contributed by atoms with Crippen LogP contribution < -0.4 is 0 Å². The Balaban J connectivity index is 4.13. The van der Waals surface area contributed by atoms with E-state index in [9.17, 15) is 14.4 Å². The molecule has 0 aromatic carbocycles. The molecular formula is C68H124O6. The number of ether oxygens (including phenoxy) is 3. The maximum absolute atomic E-state index is 12.8. The van der Waals surface area contributed by atoms with Crippen LogP contribution in [0.3, 0.4) is 0 Å². The second kappa shape index (κ2) is 62.9. The SMILES string of the molecule is CC/C=C\C/C=C\C/C=C\C/C=C\CCC(=O)OC(COC(=O)CCCCCCCCCCCCCCC)COC(=O)CCCCCCCCCCCCCCCCCCCCCCCCCCCCCCCC. The summed E-state index contributed by atoms with van der Waals surface area (Å²) in [5.41, 5.74) is 0. The molecule has 0 saturated heterocycles. The molecule has 0 spiro atoms. The minimum Gasteiger partial charge on any atom is -0.462 e. The van der Waals surface area contributed by atoms with E-state index >= 15 is 0 Å². The topological polar surface area (TPSA) is 78.9 Å². The average molecular weight is 1040 g/mol. The molecule has 0 amide bonds. The van der Waals surface area contributed by atoms with Crippen molar-refractivity contribution in [3.63, 3.8) is 0 Å². The zero-order chi connectivity index (χ0) is 53.6. The third kappa shape index (κ3) is 60.2. The van der Waals surface area contributed by atoms with Crippen molar-refractivity contribution in [2.75, 3.05) is 13.2 Å². The van der Waals surface area contributed by atoms with Gasteiger partial charge in [-0.1, -0.05) is 333 Å². The van der Waals surface area contributed by atoms with Crippen LogP contribution >= 0.6 is 0 Å². The number of carbonyl (C=O) groups is 3. The highest BCUT2D eigenvalue weighted by Gasteiger charge is 2.19. The van der Waals surface area contributed by atoms with Gasteiger partial charge in [-0.3, -0.25) is 14.4 Å². The molecule has 0 aliphatic carbocycles. The number of hydrogen-bond donors (Lipinski definition) is 0. The van der Waals surface area contributed by atoms with Crippen LogP contribution in [0.2, 0.25) is 0 Å². The second-order valence-corrected chi connectivity index (χ2v) is 22.0. The standard InChI is InChI=1S/C68H124O6/c1-4-7-10-13-16-19-22-25-26-27-28-29-30-31-32-33-34-35-36-37-38-39-40-41-44-46-49-52-55-58-61-67(70)73-64-65(74-68(71)62-59-56-53-50-47-43-24-21-18-15-12-9-6-3)63-72-66(69)60-57-54-51-48-45-42-23-20-17-14-11-8-5-2/h9,12,18,21,43,47,53,56,65H,4-8,10-11,13-17,19-20,22-42,44-46,48-52,54-55,57-64H2,1-3H3/b12-9-,21-18-,47-43-,56-53-. The second-order valence-electron chi connectivity index (χ2n) is 22.0. The van der Waals surface area contributed by atoms with Crippen molar-refractivity contribution in [2.45, 2.75) is 354 Å². The lowest BCUT2D eigenvalue weighted by Crippen LogP contribution is -2.30. The molecule has 0 saturated carbocycles. The van der Waals surface area contributed by atoms with Gasteiger partial charge in [0.2, 0.25) is 0 Å². The molecule has 0 heterocycles. The van der Waals surface area contributed by atoms with Crippen LogP contribution in [0.25, 0.3) is 0 Å². The van der Waals surface area contributed by atoms with Crippen LogP contribution in [0.5, 0.6) is 0 Å². The first-order valence-electron chi connectivity index (χ1n) is 32.6. The molecular weight excluding hydrogens is 913 g/mol. The van der Waals surface area contributed by atoms with Gasteiger partial charge >= 0.3 is 17.9 Å². The number of esters is 3. The summed E-state index contributed by atoms with van der Waals surface area (Å²) < 4.78 is 16.8. The minimum atomic E-state index is -0.807. The van der Waals surface area contributed by atoms with Crippen molar-refractivity contribution in [3.05, 3.63) is 48.6 Å². The Hall–Kier alpha value is -2.63. The lowest BCUT2D eigenvalue weighted by Gasteiger charge is -2.18.